The molecule has 1 aromatic carbocycles. The van der Waals surface area contributed by atoms with E-state index in [9.17, 15) is 9.59 Å². The van der Waals surface area contributed by atoms with Gasteiger partial charge in [0.25, 0.3) is 0 Å². The lowest BCUT2D eigenvalue weighted by Crippen LogP contribution is -2.50. The Hall–Kier alpha value is -2.58. The first-order chi connectivity index (χ1) is 18.6. The quantitative estimate of drug-likeness (QED) is 0.292. The van der Waals surface area contributed by atoms with Crippen LogP contribution in [0, 0.1) is 0 Å². The molecule has 1 aromatic rings. The van der Waals surface area contributed by atoms with Crippen LogP contribution >= 0.6 is 0 Å². The average molecular weight is 572 g/mol. The molecule has 2 atom stereocenters. The van der Waals surface area contributed by atoms with Crippen LogP contribution in [0.3, 0.4) is 0 Å². The zero-order valence-electron chi connectivity index (χ0n) is 26.3. The SMILES string of the molecule is COc1ccc2c(c1OC)[C@]1(CCNC(=O)OC(C)(C)C)C=CC(=O)C=C1C[C@@H]2O[Si](C(C)C)(C(C)C)C(C)C. The van der Waals surface area contributed by atoms with Crippen molar-refractivity contribution in [2.45, 2.75) is 109 Å². The number of hydrogen-bond donors (Lipinski definition) is 1. The minimum absolute atomic E-state index is 0.0464. The Morgan fingerprint density at radius 1 is 1.05 bits per heavy atom. The molecule has 0 aliphatic heterocycles. The van der Waals surface area contributed by atoms with Crippen LogP contribution in [-0.2, 0) is 19.4 Å². The number of nitrogens with one attached hydrogen (secondary N) is 1. The molecule has 0 saturated carbocycles. The lowest BCUT2D eigenvalue weighted by molar-refractivity contribution is -0.110. The van der Waals surface area contributed by atoms with Crippen LogP contribution in [0.15, 0.2) is 35.9 Å². The number of carbonyl (C=O) groups is 2. The molecule has 1 N–H and O–H groups in total. The van der Waals surface area contributed by atoms with Gasteiger partial charge in [0, 0.05) is 17.5 Å². The van der Waals surface area contributed by atoms with E-state index in [2.05, 4.69) is 52.9 Å². The largest absolute Gasteiger partial charge is 0.493 e. The number of amides is 1. The molecule has 0 spiro atoms. The van der Waals surface area contributed by atoms with Crippen LogP contribution in [0.4, 0.5) is 4.79 Å². The zero-order chi connectivity index (χ0) is 30.0. The second-order valence-electron chi connectivity index (χ2n) is 12.9. The highest BCUT2D eigenvalue weighted by Crippen LogP contribution is 2.58. The van der Waals surface area contributed by atoms with Crippen LogP contribution in [0.2, 0.25) is 16.6 Å². The Bertz CT molecular complexity index is 1140. The molecule has 0 aromatic heterocycles. The molecule has 3 rings (SSSR count). The lowest BCUT2D eigenvalue weighted by atomic mass is 9.62. The molecule has 0 bridgehead atoms. The van der Waals surface area contributed by atoms with Gasteiger partial charge in [-0.2, -0.15) is 0 Å². The standard InChI is InChI=1S/C32H49NO6Si/c1-20(2)40(21(3)4,22(5)6)39-27-19-23-18-24(34)14-15-32(23,16-17-33-30(35)38-31(7,8)9)28-25(27)12-13-26(36-10)29(28)37-11/h12-15,18,20-22,27H,16-17,19H2,1-11H3,(H,33,35)/t27-,32-/m0/s1. The molecule has 2 aliphatic carbocycles. The first kappa shape index (κ1) is 31.9. The van der Waals surface area contributed by atoms with Gasteiger partial charge in [-0.3, -0.25) is 4.79 Å². The number of fused-ring (bicyclic) bond motifs is 3. The van der Waals surface area contributed by atoms with E-state index in [0.717, 1.165) is 16.7 Å². The van der Waals surface area contributed by atoms with Crippen LogP contribution < -0.4 is 14.8 Å². The smallest absolute Gasteiger partial charge is 0.407 e. The third kappa shape index (κ3) is 6.03. The van der Waals surface area contributed by atoms with Crippen molar-refractivity contribution in [3.63, 3.8) is 0 Å². The van der Waals surface area contributed by atoms with Gasteiger partial charge in [-0.05, 0) is 79.6 Å². The summed E-state index contributed by atoms with van der Waals surface area (Å²) >= 11 is 0. The van der Waals surface area contributed by atoms with Gasteiger partial charge in [0.2, 0.25) is 8.32 Å². The van der Waals surface area contributed by atoms with Crippen molar-refractivity contribution in [2.24, 2.45) is 0 Å². The summed E-state index contributed by atoms with van der Waals surface area (Å²) in [5, 5.41) is 2.91. The molecule has 0 unspecified atom stereocenters. The van der Waals surface area contributed by atoms with Crippen LogP contribution in [0.5, 0.6) is 11.5 Å². The molecule has 0 radical (unpaired) electrons. The average Bonchev–Trinajstić information content (AvgIpc) is 2.85. The van der Waals surface area contributed by atoms with Crippen molar-refractivity contribution in [3.8, 4) is 11.5 Å². The molecule has 0 saturated heterocycles. The minimum atomic E-state index is -2.27. The number of allylic oxidation sites excluding steroid dienone is 3. The van der Waals surface area contributed by atoms with Gasteiger partial charge in [0.1, 0.15) is 5.60 Å². The number of ether oxygens (including phenoxy) is 3. The number of alkyl carbamates (subject to hydrolysis) is 1. The minimum Gasteiger partial charge on any atom is -0.493 e. The topological polar surface area (TPSA) is 83.1 Å². The molecule has 40 heavy (non-hydrogen) atoms. The first-order valence-corrected chi connectivity index (χ1v) is 16.6. The van der Waals surface area contributed by atoms with Gasteiger partial charge in [-0.25, -0.2) is 4.79 Å². The highest BCUT2D eigenvalue weighted by Gasteiger charge is 2.51. The summed E-state index contributed by atoms with van der Waals surface area (Å²) in [5.41, 5.74) is 2.90. The fourth-order valence-electron chi connectivity index (χ4n) is 6.95. The van der Waals surface area contributed by atoms with Crippen LogP contribution in [0.1, 0.15) is 92.4 Å². The molecular weight excluding hydrogens is 522 g/mol. The highest BCUT2D eigenvalue weighted by molar-refractivity contribution is 6.77. The second kappa shape index (κ2) is 12.1. The molecule has 222 valence electrons. The number of ketones is 1. The molecule has 0 fully saturated rings. The molecule has 2 aliphatic rings. The fourth-order valence-corrected chi connectivity index (χ4v) is 12.5. The number of rotatable bonds is 10. The molecule has 7 nitrogen and oxygen atoms in total. The number of hydrogen-bond acceptors (Lipinski definition) is 6. The Labute approximate surface area is 241 Å². The summed E-state index contributed by atoms with van der Waals surface area (Å²) in [5.74, 6) is 1.20. The maximum Gasteiger partial charge on any atom is 0.407 e. The number of benzene rings is 1. The van der Waals surface area contributed by atoms with E-state index < -0.39 is 25.4 Å². The number of methoxy groups -OCH3 is 2. The van der Waals surface area contributed by atoms with Crippen LogP contribution in [0.25, 0.3) is 0 Å². The Morgan fingerprint density at radius 3 is 2.20 bits per heavy atom. The third-order valence-corrected chi connectivity index (χ3v) is 14.5. The normalized spacial score (nSPS) is 20.8. The number of carbonyl (C=O) groups excluding carboxylic acids is 2. The Morgan fingerprint density at radius 2 is 1.68 bits per heavy atom. The second-order valence-corrected chi connectivity index (χ2v) is 18.4. The predicted octanol–water partition coefficient (Wildman–Crippen LogP) is 7.56. The van der Waals surface area contributed by atoms with E-state index in [0.29, 0.717) is 47.5 Å². The summed E-state index contributed by atoms with van der Waals surface area (Å²) in [6.07, 6.45) is 5.74. The van der Waals surface area contributed by atoms with Crippen molar-refractivity contribution in [2.75, 3.05) is 20.8 Å². The summed E-state index contributed by atoms with van der Waals surface area (Å²) in [7, 11) is 1.00. The van der Waals surface area contributed by atoms with Crippen molar-refractivity contribution in [3.05, 3.63) is 47.1 Å². The van der Waals surface area contributed by atoms with E-state index >= 15 is 0 Å². The van der Waals surface area contributed by atoms with E-state index in [4.69, 9.17) is 18.6 Å². The van der Waals surface area contributed by atoms with Crippen molar-refractivity contribution < 1.29 is 28.2 Å². The van der Waals surface area contributed by atoms with Gasteiger partial charge in [-0.15, -0.1) is 0 Å². The van der Waals surface area contributed by atoms with Gasteiger partial charge in [0.05, 0.1) is 20.3 Å². The van der Waals surface area contributed by atoms with Crippen molar-refractivity contribution in [1.82, 2.24) is 5.32 Å². The zero-order valence-corrected chi connectivity index (χ0v) is 27.3. The molecule has 8 heteroatoms. The van der Waals surface area contributed by atoms with Crippen molar-refractivity contribution in [1.29, 1.82) is 0 Å². The third-order valence-electron chi connectivity index (χ3n) is 8.44. The fraction of sp³-hybridized carbons (Fsp3) is 0.625. The van der Waals surface area contributed by atoms with Gasteiger partial charge in [-0.1, -0.05) is 53.7 Å². The Kier molecular flexibility index (Phi) is 9.67. The summed E-state index contributed by atoms with van der Waals surface area (Å²) in [6.45, 7) is 19.5. The molecule has 0 heterocycles. The molecular formula is C32H49NO6Si. The van der Waals surface area contributed by atoms with E-state index in [-0.39, 0.29) is 11.9 Å². The van der Waals surface area contributed by atoms with Crippen LogP contribution in [-0.4, -0.2) is 46.6 Å². The van der Waals surface area contributed by atoms with Gasteiger partial charge < -0.3 is 24.0 Å². The van der Waals surface area contributed by atoms with Gasteiger partial charge >= 0.3 is 6.09 Å². The summed E-state index contributed by atoms with van der Waals surface area (Å²) < 4.78 is 24.6. The van der Waals surface area contributed by atoms with E-state index in [1.165, 1.54) is 0 Å². The maximum absolute atomic E-state index is 12.8. The maximum atomic E-state index is 12.8. The molecule has 1 amide bonds. The predicted molar refractivity (Wildman–Crippen MR) is 162 cm³/mol. The van der Waals surface area contributed by atoms with E-state index in [1.54, 1.807) is 26.4 Å². The lowest BCUT2D eigenvalue weighted by Gasteiger charge is -2.49. The highest BCUT2D eigenvalue weighted by atomic mass is 28.4. The Balaban J connectivity index is 2.18. The first-order valence-electron chi connectivity index (χ1n) is 14.5. The monoisotopic (exact) mass is 571 g/mol. The van der Waals surface area contributed by atoms with E-state index in [1.807, 2.05) is 32.9 Å². The summed E-state index contributed by atoms with van der Waals surface area (Å²) in [6, 6.07) is 4.03. The summed E-state index contributed by atoms with van der Waals surface area (Å²) in [4.78, 5) is 25.3. The van der Waals surface area contributed by atoms with Gasteiger partial charge in [0.15, 0.2) is 17.3 Å². The van der Waals surface area contributed by atoms with Crippen molar-refractivity contribution >= 4 is 20.2 Å².